The Labute approximate surface area is 194 Å². The van der Waals surface area contributed by atoms with E-state index in [1.807, 2.05) is 38.1 Å². The van der Waals surface area contributed by atoms with Crippen molar-refractivity contribution in [2.24, 2.45) is 5.92 Å². The molecule has 0 aliphatic heterocycles. The average Bonchev–Trinajstić information content (AvgIpc) is 2.61. The van der Waals surface area contributed by atoms with Gasteiger partial charge in [0.2, 0.25) is 9.70 Å². The van der Waals surface area contributed by atoms with E-state index in [0.29, 0.717) is 13.0 Å². The molecule has 0 radical (unpaired) electrons. The number of halogens is 3. The van der Waals surface area contributed by atoms with E-state index in [2.05, 4.69) is 22.9 Å². The summed E-state index contributed by atoms with van der Waals surface area (Å²) in [6.45, 7) is 6.75. The van der Waals surface area contributed by atoms with Gasteiger partial charge in [-0.05, 0) is 48.8 Å². The van der Waals surface area contributed by atoms with Crippen LogP contribution in [0.15, 0.2) is 24.3 Å². The Kier molecular flexibility index (Phi) is 12.0. The van der Waals surface area contributed by atoms with Gasteiger partial charge < -0.3 is 20.7 Å². The summed E-state index contributed by atoms with van der Waals surface area (Å²) in [5.41, 5.74) is 0.748. The molecule has 1 amide bonds. The Balaban J connectivity index is 2.54. The van der Waals surface area contributed by atoms with Crippen molar-refractivity contribution in [1.29, 1.82) is 0 Å². The highest BCUT2D eigenvalue weighted by Gasteiger charge is 2.34. The monoisotopic (exact) mass is 481 g/mol. The summed E-state index contributed by atoms with van der Waals surface area (Å²) in [5.74, 6) is 0.751. The first-order valence-corrected chi connectivity index (χ1v) is 11.3. The molecule has 0 bridgehead atoms. The van der Waals surface area contributed by atoms with Crippen LogP contribution in [-0.2, 0) is 4.79 Å². The fourth-order valence-corrected chi connectivity index (χ4v) is 3.01. The van der Waals surface area contributed by atoms with E-state index in [1.165, 1.54) is 19.3 Å². The van der Waals surface area contributed by atoms with Gasteiger partial charge in [-0.15, -0.1) is 0 Å². The summed E-state index contributed by atoms with van der Waals surface area (Å²) in [6, 6.07) is 7.41. The number of alkyl halides is 3. The maximum Gasteiger partial charge on any atom is 0.228 e. The second-order valence-corrected chi connectivity index (χ2v) is 9.95. The van der Waals surface area contributed by atoms with E-state index < -0.39 is 9.96 Å². The van der Waals surface area contributed by atoms with E-state index in [-0.39, 0.29) is 16.9 Å². The molecule has 0 fully saturated rings. The molecule has 5 nitrogen and oxygen atoms in total. The molecule has 164 valence electrons. The number of amides is 1. The lowest BCUT2D eigenvalue weighted by atomic mass is 10.1. The summed E-state index contributed by atoms with van der Waals surface area (Å²) in [6.07, 6.45) is 4.00. The molecule has 0 saturated carbocycles. The van der Waals surface area contributed by atoms with Crippen molar-refractivity contribution in [3.05, 3.63) is 24.3 Å². The van der Waals surface area contributed by atoms with Crippen LogP contribution in [0.3, 0.4) is 0 Å². The highest BCUT2D eigenvalue weighted by atomic mass is 35.6. The van der Waals surface area contributed by atoms with Crippen molar-refractivity contribution in [2.45, 2.75) is 62.8 Å². The van der Waals surface area contributed by atoms with Gasteiger partial charge in [-0.1, -0.05) is 74.8 Å². The second kappa shape index (κ2) is 13.4. The largest absolute Gasteiger partial charge is 0.494 e. The third-order valence-corrected chi connectivity index (χ3v) is 4.76. The zero-order valence-corrected chi connectivity index (χ0v) is 20.1. The molecule has 3 N–H and O–H groups in total. The minimum Gasteiger partial charge on any atom is -0.494 e. The molecule has 29 heavy (non-hydrogen) atoms. The van der Waals surface area contributed by atoms with Crippen molar-refractivity contribution >= 4 is 63.7 Å². The van der Waals surface area contributed by atoms with Gasteiger partial charge in [0, 0.05) is 12.1 Å². The zero-order valence-electron chi connectivity index (χ0n) is 17.1. The molecule has 1 atom stereocenters. The van der Waals surface area contributed by atoms with Crippen molar-refractivity contribution in [3.63, 3.8) is 0 Å². The number of carbonyl (C=O) groups excluding carboxylic acids is 1. The summed E-state index contributed by atoms with van der Waals surface area (Å²) in [5, 5.41) is 8.73. The van der Waals surface area contributed by atoms with Crippen LogP contribution in [0.5, 0.6) is 5.75 Å². The van der Waals surface area contributed by atoms with Crippen molar-refractivity contribution in [2.75, 3.05) is 11.9 Å². The van der Waals surface area contributed by atoms with Gasteiger partial charge in [-0.25, -0.2) is 0 Å². The summed E-state index contributed by atoms with van der Waals surface area (Å²) < 4.78 is 3.95. The van der Waals surface area contributed by atoms with E-state index in [4.69, 9.17) is 51.8 Å². The molecule has 1 aromatic carbocycles. The summed E-state index contributed by atoms with van der Waals surface area (Å²) in [7, 11) is 0. The first-order chi connectivity index (χ1) is 13.6. The van der Waals surface area contributed by atoms with Crippen LogP contribution in [0, 0.1) is 5.92 Å². The first-order valence-electron chi connectivity index (χ1n) is 9.78. The van der Waals surface area contributed by atoms with E-state index in [1.54, 1.807) is 0 Å². The first kappa shape index (κ1) is 26.1. The Hall–Kier alpha value is -0.950. The van der Waals surface area contributed by atoms with Crippen LogP contribution in [0.25, 0.3) is 0 Å². The molecule has 1 unspecified atom stereocenters. The van der Waals surface area contributed by atoms with Crippen LogP contribution in [0.1, 0.15) is 52.9 Å². The van der Waals surface area contributed by atoms with Crippen molar-refractivity contribution in [3.8, 4) is 5.75 Å². The van der Waals surface area contributed by atoms with Gasteiger partial charge in [-0.2, -0.15) is 0 Å². The highest BCUT2D eigenvalue weighted by molar-refractivity contribution is 7.80. The van der Waals surface area contributed by atoms with Crippen molar-refractivity contribution in [1.82, 2.24) is 10.6 Å². The molecule has 0 heterocycles. The van der Waals surface area contributed by atoms with E-state index in [0.717, 1.165) is 17.9 Å². The van der Waals surface area contributed by atoms with Crippen molar-refractivity contribution < 1.29 is 9.53 Å². The summed E-state index contributed by atoms with van der Waals surface area (Å²) in [4.78, 5) is 12.0. The molecule has 0 saturated heterocycles. The molecule has 0 spiro atoms. The number of hydrogen-bond donors (Lipinski definition) is 3. The minimum atomic E-state index is -1.77. The summed E-state index contributed by atoms with van der Waals surface area (Å²) >= 11 is 23.2. The fourth-order valence-electron chi connectivity index (χ4n) is 2.44. The van der Waals surface area contributed by atoms with Gasteiger partial charge in [-0.3, -0.25) is 4.79 Å². The molecule has 0 aliphatic carbocycles. The molecule has 1 aromatic rings. The van der Waals surface area contributed by atoms with Gasteiger partial charge >= 0.3 is 0 Å². The maximum atomic E-state index is 12.0. The number of carbonyl (C=O) groups is 1. The number of benzene rings is 1. The Bertz CT molecular complexity index is 637. The third-order valence-electron chi connectivity index (χ3n) is 3.88. The van der Waals surface area contributed by atoms with Gasteiger partial charge in [0.15, 0.2) is 5.11 Å². The topological polar surface area (TPSA) is 62.4 Å². The molecule has 1 rings (SSSR count). The normalized spacial score (nSPS) is 12.4. The third kappa shape index (κ3) is 11.7. The standard InChI is InChI=1S/C20H30Cl3N3O2S/c1-4-5-6-7-12-28-16-10-8-15(9-11-16)24-19(29)26-18(20(21,22)23)25-17(27)13-14(2)3/h8-11,14,18H,4-7,12-13H2,1-3H3,(H,25,27)(H2,24,26,29). The van der Waals surface area contributed by atoms with Crippen LogP contribution >= 0.6 is 47.0 Å². The predicted molar refractivity (Wildman–Crippen MR) is 127 cm³/mol. The van der Waals surface area contributed by atoms with Gasteiger partial charge in [0.25, 0.3) is 0 Å². The average molecular weight is 483 g/mol. The quantitative estimate of drug-likeness (QED) is 0.161. The number of thiocarbonyl (C=S) groups is 1. The highest BCUT2D eigenvalue weighted by Crippen LogP contribution is 2.29. The number of hydrogen-bond acceptors (Lipinski definition) is 3. The lowest BCUT2D eigenvalue weighted by Gasteiger charge is -2.28. The SMILES string of the molecule is CCCCCCOc1ccc(NC(=S)NC(NC(=O)CC(C)C)C(Cl)(Cl)Cl)cc1. The Morgan fingerprint density at radius 1 is 1.10 bits per heavy atom. The van der Waals surface area contributed by atoms with Crippen LogP contribution < -0.4 is 20.7 Å². The number of unbranched alkanes of at least 4 members (excludes halogenated alkanes) is 3. The molecular formula is C20H30Cl3N3O2S. The number of rotatable bonds is 11. The predicted octanol–water partition coefficient (Wildman–Crippen LogP) is 5.79. The van der Waals surface area contributed by atoms with Gasteiger partial charge in [0.1, 0.15) is 11.9 Å². The minimum absolute atomic E-state index is 0.184. The second-order valence-electron chi connectivity index (χ2n) is 7.17. The Morgan fingerprint density at radius 2 is 1.76 bits per heavy atom. The molecular weight excluding hydrogens is 453 g/mol. The van der Waals surface area contributed by atoms with Gasteiger partial charge in [0.05, 0.1) is 6.61 Å². The number of anilines is 1. The maximum absolute atomic E-state index is 12.0. The zero-order chi connectivity index (χ0) is 21.9. The number of ether oxygens (including phenoxy) is 1. The lowest BCUT2D eigenvalue weighted by molar-refractivity contribution is -0.122. The van der Waals surface area contributed by atoms with Crippen LogP contribution in [0.4, 0.5) is 5.69 Å². The lowest BCUT2D eigenvalue weighted by Crippen LogP contribution is -2.56. The smallest absolute Gasteiger partial charge is 0.228 e. The fraction of sp³-hybridized carbons (Fsp3) is 0.600. The molecule has 0 aliphatic rings. The Morgan fingerprint density at radius 3 is 2.31 bits per heavy atom. The van der Waals surface area contributed by atoms with Crippen LogP contribution in [-0.4, -0.2) is 27.6 Å². The van der Waals surface area contributed by atoms with E-state index >= 15 is 0 Å². The van der Waals surface area contributed by atoms with Crippen LogP contribution in [0.2, 0.25) is 0 Å². The molecule has 0 aromatic heterocycles. The number of nitrogens with one attached hydrogen (secondary N) is 3. The molecule has 9 heteroatoms. The van der Waals surface area contributed by atoms with E-state index in [9.17, 15) is 4.79 Å².